The number of nitrogens with zero attached hydrogens (tertiary/aromatic N) is 1. The Balaban J connectivity index is 1.80. The number of aromatic nitrogens is 2. The molecule has 1 aromatic heterocycles. The zero-order valence-corrected chi connectivity index (χ0v) is 16.3. The van der Waals surface area contributed by atoms with Crippen molar-refractivity contribution >= 4 is 18.2 Å². The van der Waals surface area contributed by atoms with Gasteiger partial charge in [0.2, 0.25) is 0 Å². The van der Waals surface area contributed by atoms with E-state index in [4.69, 9.17) is 13.8 Å². The fourth-order valence-corrected chi connectivity index (χ4v) is 7.75. The first-order chi connectivity index (χ1) is 11.7. The molecular weight excluding hydrogens is 367 g/mol. The number of H-pyrrole nitrogens is 1. The number of rotatable bonds is 4. The molecule has 1 aromatic rings. The van der Waals surface area contributed by atoms with E-state index in [2.05, 4.69) is 4.98 Å². The maximum atomic E-state index is 12.8. The molecule has 2 aliphatic rings. The Morgan fingerprint density at radius 3 is 2.76 bits per heavy atom. The largest absolute Gasteiger partial charge is 0.390 e. The third-order valence-electron chi connectivity index (χ3n) is 4.56. The van der Waals surface area contributed by atoms with Crippen molar-refractivity contribution in [2.24, 2.45) is 0 Å². The Kier molecular flexibility index (Phi) is 5.33. The van der Waals surface area contributed by atoms with E-state index in [1.807, 2.05) is 20.8 Å². The molecule has 3 rings (SSSR count). The van der Waals surface area contributed by atoms with Gasteiger partial charge in [-0.05, 0) is 31.7 Å². The summed E-state index contributed by atoms with van der Waals surface area (Å²) >= 11 is 1.22. The number of aryl methyl sites for hydroxylation is 1. The minimum Gasteiger partial charge on any atom is -0.352 e. The van der Waals surface area contributed by atoms with Crippen LogP contribution < -0.4 is 11.2 Å². The molecule has 0 radical (unpaired) electrons. The molecule has 0 amide bonds. The van der Waals surface area contributed by atoms with Crippen LogP contribution in [0.2, 0.25) is 0 Å². The van der Waals surface area contributed by atoms with Gasteiger partial charge in [0.25, 0.3) is 5.56 Å². The standard InChI is InChI=1S/C15H23N2O6PS/c1-5-11-12(23-24(20)22-9(3)10(4)25-24)6-13(21-11)17-7-8(2)14(18)16-15(17)19/h7,9-13H,5-6H2,1-4H3,(H,16,18,19)/t9?,10?,11-,12+,13-,24?/m1/s1. The lowest BCUT2D eigenvalue weighted by molar-refractivity contribution is -0.0196. The van der Waals surface area contributed by atoms with E-state index >= 15 is 0 Å². The van der Waals surface area contributed by atoms with Crippen LogP contribution in [0, 0.1) is 6.92 Å². The fraction of sp³-hybridized carbons (Fsp3) is 0.733. The highest BCUT2D eigenvalue weighted by atomic mass is 32.7. The first-order valence-electron chi connectivity index (χ1n) is 8.35. The predicted molar refractivity (Wildman–Crippen MR) is 95.0 cm³/mol. The van der Waals surface area contributed by atoms with Crippen LogP contribution in [0.1, 0.15) is 45.4 Å². The van der Waals surface area contributed by atoms with Gasteiger partial charge in [0.05, 0.1) is 18.3 Å². The molecule has 0 aromatic carbocycles. The molecule has 8 nitrogen and oxygen atoms in total. The molecule has 140 valence electrons. The predicted octanol–water partition coefficient (Wildman–Crippen LogP) is 2.58. The smallest absolute Gasteiger partial charge is 0.352 e. The molecule has 2 aliphatic heterocycles. The van der Waals surface area contributed by atoms with Crippen LogP contribution in [0.25, 0.3) is 0 Å². The molecule has 0 saturated carbocycles. The van der Waals surface area contributed by atoms with Crippen LogP contribution >= 0.6 is 18.2 Å². The topological polar surface area (TPSA) is 99.6 Å². The first-order valence-corrected chi connectivity index (χ1v) is 11.4. The molecule has 3 unspecified atom stereocenters. The quantitative estimate of drug-likeness (QED) is 0.789. The lowest BCUT2D eigenvalue weighted by Gasteiger charge is -2.20. The van der Waals surface area contributed by atoms with Crippen molar-refractivity contribution in [1.82, 2.24) is 9.55 Å². The van der Waals surface area contributed by atoms with Crippen LogP contribution in [-0.4, -0.2) is 33.1 Å². The van der Waals surface area contributed by atoms with Crippen LogP contribution in [0.5, 0.6) is 0 Å². The van der Waals surface area contributed by atoms with Crippen molar-refractivity contribution in [3.63, 3.8) is 0 Å². The monoisotopic (exact) mass is 390 g/mol. The van der Waals surface area contributed by atoms with E-state index < -0.39 is 30.4 Å². The average molecular weight is 390 g/mol. The average Bonchev–Trinajstić information content (AvgIpc) is 3.03. The Labute approximate surface area is 149 Å². The highest BCUT2D eigenvalue weighted by Gasteiger charge is 2.47. The zero-order valence-electron chi connectivity index (χ0n) is 14.6. The zero-order chi connectivity index (χ0) is 18.4. The lowest BCUT2D eigenvalue weighted by atomic mass is 10.1. The summed E-state index contributed by atoms with van der Waals surface area (Å²) in [7, 11) is 0. The van der Waals surface area contributed by atoms with Gasteiger partial charge < -0.3 is 4.74 Å². The maximum absolute atomic E-state index is 12.8. The molecule has 25 heavy (non-hydrogen) atoms. The van der Waals surface area contributed by atoms with Crippen LogP contribution in [0.3, 0.4) is 0 Å². The molecule has 6 atom stereocenters. The van der Waals surface area contributed by atoms with Crippen LogP contribution in [0.15, 0.2) is 15.8 Å². The second-order valence-corrected chi connectivity index (χ2v) is 10.7. The van der Waals surface area contributed by atoms with Gasteiger partial charge in [-0.15, -0.1) is 0 Å². The van der Waals surface area contributed by atoms with Crippen molar-refractivity contribution in [3.8, 4) is 0 Å². The summed E-state index contributed by atoms with van der Waals surface area (Å²) in [6.07, 6.45) is 1.03. The van der Waals surface area contributed by atoms with Gasteiger partial charge in [-0.3, -0.25) is 23.4 Å². The molecule has 1 N–H and O–H groups in total. The molecule has 0 aliphatic carbocycles. The third-order valence-corrected chi connectivity index (χ3v) is 8.94. The number of aromatic amines is 1. The van der Waals surface area contributed by atoms with E-state index in [1.54, 1.807) is 6.92 Å². The SMILES string of the molecule is CC[C@H]1O[C@@H](n2cc(C)c(=O)[nH]c2=O)C[C@@H]1OP1(=O)OC(C)C(C)S1. The van der Waals surface area contributed by atoms with Gasteiger partial charge in [0.1, 0.15) is 6.23 Å². The molecule has 3 heterocycles. The summed E-state index contributed by atoms with van der Waals surface area (Å²) in [4.78, 5) is 25.9. The van der Waals surface area contributed by atoms with Crippen molar-refractivity contribution < 1.29 is 18.3 Å². The normalized spacial score (nSPS) is 38.3. The molecule has 2 fully saturated rings. The van der Waals surface area contributed by atoms with Crippen LogP contribution in [0.4, 0.5) is 0 Å². The van der Waals surface area contributed by atoms with Gasteiger partial charge in [0, 0.05) is 23.4 Å². The van der Waals surface area contributed by atoms with Gasteiger partial charge >= 0.3 is 12.5 Å². The summed E-state index contributed by atoms with van der Waals surface area (Å²) in [6, 6.07) is 0. The van der Waals surface area contributed by atoms with E-state index in [0.717, 1.165) is 0 Å². The Hall–Kier alpha value is -0.860. The van der Waals surface area contributed by atoms with E-state index in [9.17, 15) is 14.2 Å². The van der Waals surface area contributed by atoms with Gasteiger partial charge in [-0.25, -0.2) is 9.36 Å². The minimum absolute atomic E-state index is 0.0912. The summed E-state index contributed by atoms with van der Waals surface area (Å²) < 4.78 is 31.5. The van der Waals surface area contributed by atoms with Gasteiger partial charge in [-0.1, -0.05) is 13.8 Å². The van der Waals surface area contributed by atoms with Crippen LogP contribution in [-0.2, 0) is 18.3 Å². The second-order valence-electron chi connectivity index (χ2n) is 6.46. The summed E-state index contributed by atoms with van der Waals surface area (Å²) in [5, 5.41) is 0.0912. The Morgan fingerprint density at radius 2 is 2.16 bits per heavy atom. The second kappa shape index (κ2) is 7.04. The highest BCUT2D eigenvalue weighted by Crippen LogP contribution is 2.70. The first kappa shape index (κ1) is 18.9. The highest BCUT2D eigenvalue weighted by molar-refractivity contribution is 8.55. The van der Waals surface area contributed by atoms with Gasteiger partial charge in [-0.2, -0.15) is 0 Å². The van der Waals surface area contributed by atoms with Crippen molar-refractivity contribution in [1.29, 1.82) is 0 Å². The number of hydrogen-bond donors (Lipinski definition) is 1. The Bertz CT molecular complexity index is 794. The third kappa shape index (κ3) is 3.80. The molecule has 2 saturated heterocycles. The molecule has 0 spiro atoms. The molecule has 0 bridgehead atoms. The fourth-order valence-electron chi connectivity index (χ4n) is 2.96. The number of ether oxygens (including phenoxy) is 1. The summed E-state index contributed by atoms with van der Waals surface area (Å²) in [6.45, 7) is 4.14. The number of nitrogens with one attached hydrogen (secondary N) is 1. The van der Waals surface area contributed by atoms with E-state index in [1.165, 1.54) is 22.1 Å². The minimum atomic E-state index is -3.24. The van der Waals surface area contributed by atoms with Crippen molar-refractivity contribution in [2.45, 2.75) is 70.3 Å². The van der Waals surface area contributed by atoms with E-state index in [0.29, 0.717) is 18.4 Å². The van der Waals surface area contributed by atoms with E-state index in [-0.39, 0.29) is 17.5 Å². The molecule has 10 heteroatoms. The van der Waals surface area contributed by atoms with Gasteiger partial charge in [0.15, 0.2) is 0 Å². The maximum Gasteiger partial charge on any atom is 0.390 e. The van der Waals surface area contributed by atoms with Crippen molar-refractivity contribution in [2.75, 3.05) is 0 Å². The Morgan fingerprint density at radius 1 is 1.44 bits per heavy atom. The summed E-state index contributed by atoms with van der Waals surface area (Å²) in [5.41, 5.74) is -0.524. The number of hydrogen-bond acceptors (Lipinski definition) is 7. The summed E-state index contributed by atoms with van der Waals surface area (Å²) in [5.74, 6) is 0. The van der Waals surface area contributed by atoms with Crippen molar-refractivity contribution in [3.05, 3.63) is 32.6 Å². The lowest BCUT2D eigenvalue weighted by Crippen LogP contribution is -2.33. The molecular formula is C15H23N2O6PS.